The van der Waals surface area contributed by atoms with Crippen molar-refractivity contribution in [1.29, 1.82) is 0 Å². The van der Waals surface area contributed by atoms with Gasteiger partial charge in [0.05, 0.1) is 16.8 Å². The van der Waals surface area contributed by atoms with Crippen molar-refractivity contribution in [3.8, 4) is 0 Å². The maximum Gasteiger partial charge on any atom is 0.292 e. The van der Waals surface area contributed by atoms with Gasteiger partial charge >= 0.3 is 0 Å². The van der Waals surface area contributed by atoms with Gasteiger partial charge in [0.2, 0.25) is 11.9 Å². The van der Waals surface area contributed by atoms with Gasteiger partial charge in [0.15, 0.2) is 18.6 Å². The summed E-state index contributed by atoms with van der Waals surface area (Å²) < 4.78 is 4.47. The van der Waals surface area contributed by atoms with Crippen LogP contribution in [0.3, 0.4) is 0 Å². The molecule has 114 valence electrons. The number of nitrogens with zero attached hydrogens (tertiary/aromatic N) is 2. The minimum Gasteiger partial charge on any atom is -0.168 e. The summed E-state index contributed by atoms with van der Waals surface area (Å²) in [6.07, 6.45) is 11.1. The highest BCUT2D eigenvalue weighted by Crippen LogP contribution is 2.25. The summed E-state index contributed by atoms with van der Waals surface area (Å²) in [6, 6.07) is 15.1. The van der Waals surface area contributed by atoms with Crippen molar-refractivity contribution in [2.24, 2.45) is 0 Å². The molecule has 2 aliphatic rings. The fourth-order valence-corrected chi connectivity index (χ4v) is 4.07. The summed E-state index contributed by atoms with van der Waals surface area (Å²) in [4.78, 5) is 0. The van der Waals surface area contributed by atoms with Crippen LogP contribution in [0.15, 0.2) is 54.9 Å². The predicted molar refractivity (Wildman–Crippen MR) is 93.5 cm³/mol. The van der Waals surface area contributed by atoms with E-state index in [1.54, 1.807) is 0 Å². The van der Waals surface area contributed by atoms with Crippen LogP contribution in [-0.4, -0.2) is 0 Å². The smallest absolute Gasteiger partial charge is 0.168 e. The van der Waals surface area contributed by atoms with Crippen LogP contribution < -0.4 is 19.6 Å². The number of rotatable bonds is 0. The number of pyridine rings is 2. The summed E-state index contributed by atoms with van der Waals surface area (Å²) >= 11 is 0. The van der Waals surface area contributed by atoms with Crippen molar-refractivity contribution in [2.75, 3.05) is 0 Å². The van der Waals surface area contributed by atoms with Gasteiger partial charge in [-0.15, -0.1) is 4.57 Å². The Bertz CT molecular complexity index is 1110. The normalized spacial score (nSPS) is 16.5. The molecule has 4 heterocycles. The van der Waals surface area contributed by atoms with Crippen LogP contribution >= 0.6 is 0 Å². The van der Waals surface area contributed by atoms with Gasteiger partial charge in [-0.05, 0) is 26.0 Å². The first-order valence-corrected chi connectivity index (χ1v) is 8.44. The van der Waals surface area contributed by atoms with E-state index >= 15 is 0 Å². The molecule has 0 saturated carbocycles. The third kappa shape index (κ3) is 1.80. The van der Waals surface area contributed by atoms with Crippen LogP contribution in [0.1, 0.15) is 40.9 Å². The topological polar surface area (TPSA) is 7.76 Å². The molecule has 2 aliphatic heterocycles. The molecule has 0 bridgehead atoms. The zero-order valence-electron chi connectivity index (χ0n) is 13.9. The number of fused-ring (bicyclic) bond motifs is 5. The van der Waals surface area contributed by atoms with Crippen LogP contribution in [0.25, 0.3) is 12.4 Å². The number of benzene rings is 1. The maximum atomic E-state index is 2.34. The standard InChI is InChI=1S/C22H19N2/c1-15-11-17-13-24-10-6-4-8-21(24)16(2)22(17)19-12-18-7-3-5-9-23(18)14-20(15)19/h3-14,16H,1-2H3/q+3. The lowest BCUT2D eigenvalue weighted by molar-refractivity contribution is -0.580. The molecule has 0 fully saturated rings. The van der Waals surface area contributed by atoms with Crippen molar-refractivity contribution in [2.45, 2.75) is 19.8 Å². The van der Waals surface area contributed by atoms with Crippen molar-refractivity contribution < 1.29 is 9.13 Å². The van der Waals surface area contributed by atoms with Crippen LogP contribution in [-0.2, 0) is 0 Å². The molecular formula is C22H19N2+3. The zero-order chi connectivity index (χ0) is 16.3. The molecule has 1 atom stereocenters. The molecule has 0 N–H and O–H groups in total. The van der Waals surface area contributed by atoms with E-state index in [1.807, 2.05) is 0 Å². The molecule has 2 aromatic heterocycles. The van der Waals surface area contributed by atoms with Crippen LogP contribution in [0.5, 0.6) is 0 Å². The van der Waals surface area contributed by atoms with Gasteiger partial charge in [-0.1, -0.05) is 6.07 Å². The summed E-state index contributed by atoms with van der Waals surface area (Å²) in [5.74, 6) is 0.375. The first-order chi connectivity index (χ1) is 11.7. The fourth-order valence-electron chi connectivity index (χ4n) is 4.07. The average molecular weight is 311 g/mol. The molecule has 0 saturated heterocycles. The van der Waals surface area contributed by atoms with Gasteiger partial charge in [0.25, 0.3) is 5.69 Å². The minimum atomic E-state index is 0.375. The lowest BCUT2D eigenvalue weighted by Crippen LogP contribution is -2.46. The van der Waals surface area contributed by atoms with Gasteiger partial charge in [-0.25, -0.2) is 0 Å². The molecule has 2 heteroatoms. The van der Waals surface area contributed by atoms with Gasteiger partial charge in [0.1, 0.15) is 23.1 Å². The second-order valence-corrected chi connectivity index (χ2v) is 6.71. The summed E-state index contributed by atoms with van der Waals surface area (Å²) in [5, 5.41) is 2.67. The van der Waals surface area contributed by atoms with E-state index in [0.717, 1.165) is 0 Å². The van der Waals surface area contributed by atoms with Gasteiger partial charge in [-0.3, -0.25) is 0 Å². The molecule has 1 aromatic carbocycles. The van der Waals surface area contributed by atoms with Gasteiger partial charge in [-0.2, -0.15) is 4.57 Å². The van der Waals surface area contributed by atoms with E-state index < -0.39 is 0 Å². The zero-order valence-corrected chi connectivity index (χ0v) is 13.9. The van der Waals surface area contributed by atoms with Crippen molar-refractivity contribution >= 4 is 12.4 Å². The first-order valence-electron chi connectivity index (χ1n) is 8.44. The molecule has 0 radical (unpaired) electrons. The molecular weight excluding hydrogens is 292 g/mol. The number of aromatic nitrogens is 2. The Morgan fingerprint density at radius 3 is 2.62 bits per heavy atom. The molecule has 0 aliphatic carbocycles. The number of hydrogen-bond donors (Lipinski definition) is 0. The van der Waals surface area contributed by atoms with Crippen LogP contribution in [0.4, 0.5) is 0 Å². The van der Waals surface area contributed by atoms with Crippen molar-refractivity contribution in [1.82, 2.24) is 0 Å². The lowest BCUT2D eigenvalue weighted by atomic mass is 9.84. The Labute approximate surface area is 141 Å². The molecule has 3 aromatic rings. The Morgan fingerprint density at radius 2 is 1.75 bits per heavy atom. The van der Waals surface area contributed by atoms with E-state index in [0.29, 0.717) is 5.92 Å². The molecule has 0 spiro atoms. The quantitative estimate of drug-likeness (QED) is 0.344. The van der Waals surface area contributed by atoms with Crippen LogP contribution in [0.2, 0.25) is 0 Å². The van der Waals surface area contributed by atoms with E-state index in [1.165, 1.54) is 38.5 Å². The fraction of sp³-hybridized carbons (Fsp3) is 0.136. The molecule has 0 amide bonds. The highest BCUT2D eigenvalue weighted by Gasteiger charge is 2.35. The first kappa shape index (κ1) is 13.6. The summed E-state index contributed by atoms with van der Waals surface area (Å²) in [7, 11) is 0. The van der Waals surface area contributed by atoms with E-state index in [9.17, 15) is 0 Å². The number of aryl methyl sites for hydroxylation is 1. The Morgan fingerprint density at radius 1 is 0.958 bits per heavy atom. The van der Waals surface area contributed by atoms with Gasteiger partial charge in [0, 0.05) is 23.8 Å². The predicted octanol–water partition coefficient (Wildman–Crippen LogP) is 1.52. The largest absolute Gasteiger partial charge is 0.292 e. The second kappa shape index (κ2) is 4.81. The van der Waals surface area contributed by atoms with Crippen molar-refractivity contribution in [3.05, 3.63) is 99.8 Å². The highest BCUT2D eigenvalue weighted by molar-refractivity contribution is 5.52. The molecule has 1 unspecified atom stereocenters. The lowest BCUT2D eigenvalue weighted by Gasteiger charge is -2.16. The summed E-state index contributed by atoms with van der Waals surface area (Å²) in [6.45, 7) is 4.52. The third-order valence-electron chi connectivity index (χ3n) is 5.25. The molecule has 24 heavy (non-hydrogen) atoms. The van der Waals surface area contributed by atoms with E-state index in [2.05, 4.69) is 96.7 Å². The average Bonchev–Trinajstić information content (AvgIpc) is 2.60. The molecule has 2 nitrogen and oxygen atoms in total. The van der Waals surface area contributed by atoms with Crippen molar-refractivity contribution in [3.63, 3.8) is 0 Å². The Balaban J connectivity index is 1.88. The Hall–Kier alpha value is -2.87. The monoisotopic (exact) mass is 311 g/mol. The molecule has 5 rings (SSSR count). The SMILES string of the molecule is Cc1cc2c(c3c1=C[n+]1ccccc1[CH+]3)C(C)c1cccc[n+]1C=2. The van der Waals surface area contributed by atoms with E-state index in [-0.39, 0.29) is 0 Å². The highest BCUT2D eigenvalue weighted by atomic mass is 15.0. The van der Waals surface area contributed by atoms with E-state index in [4.69, 9.17) is 0 Å². The minimum absolute atomic E-state index is 0.375. The number of hydrogen-bond acceptors (Lipinski definition) is 0. The third-order valence-corrected chi connectivity index (χ3v) is 5.25. The van der Waals surface area contributed by atoms with Gasteiger partial charge < -0.3 is 0 Å². The van der Waals surface area contributed by atoms with Crippen LogP contribution in [0, 0.1) is 13.3 Å². The maximum absolute atomic E-state index is 2.34. The Kier molecular flexibility index (Phi) is 2.72. The summed E-state index contributed by atoms with van der Waals surface area (Å²) in [5.41, 5.74) is 6.71. The second-order valence-electron chi connectivity index (χ2n) is 6.71.